The molecule has 1 N–H and O–H groups in total. The fraction of sp³-hybridized carbons (Fsp3) is 0.278. The van der Waals surface area contributed by atoms with E-state index in [4.69, 9.17) is 16.3 Å². The van der Waals surface area contributed by atoms with Gasteiger partial charge in [-0.25, -0.2) is 13.1 Å². The number of carbonyl (C=O) groups is 1. The van der Waals surface area contributed by atoms with Crippen LogP contribution < -0.4 is 9.46 Å². The summed E-state index contributed by atoms with van der Waals surface area (Å²) in [5, 5.41) is 0.622. The lowest BCUT2D eigenvalue weighted by Crippen LogP contribution is -2.31. The number of likely N-dealkylation sites (N-methyl/N-ethyl adjacent to an activating group) is 1. The Morgan fingerprint density at radius 1 is 1.19 bits per heavy atom. The van der Waals surface area contributed by atoms with Crippen molar-refractivity contribution >= 4 is 27.5 Å². The first kappa shape index (κ1) is 20.2. The molecule has 2 aromatic rings. The van der Waals surface area contributed by atoms with Crippen LogP contribution in [0.2, 0.25) is 5.02 Å². The van der Waals surface area contributed by atoms with Gasteiger partial charge < -0.3 is 9.64 Å². The van der Waals surface area contributed by atoms with Gasteiger partial charge in [-0.2, -0.15) is 0 Å². The lowest BCUT2D eigenvalue weighted by Gasteiger charge is -2.19. The zero-order chi connectivity index (χ0) is 19.3. The molecule has 0 fully saturated rings. The number of aryl methyl sites for hydroxylation is 1. The van der Waals surface area contributed by atoms with E-state index in [-0.39, 0.29) is 10.8 Å². The number of rotatable bonds is 7. The van der Waals surface area contributed by atoms with Gasteiger partial charge in [0.1, 0.15) is 12.4 Å². The number of amides is 1. The first-order valence-corrected chi connectivity index (χ1v) is 9.79. The van der Waals surface area contributed by atoms with Crippen LogP contribution in [0.1, 0.15) is 15.9 Å². The minimum Gasteiger partial charge on any atom is -0.492 e. The molecule has 2 rings (SSSR count). The number of carbonyl (C=O) groups excluding carboxylic acids is 1. The average Bonchev–Trinajstić information content (AvgIpc) is 2.63. The van der Waals surface area contributed by atoms with E-state index in [1.54, 1.807) is 44.3 Å². The summed E-state index contributed by atoms with van der Waals surface area (Å²) in [6, 6.07) is 11.4. The van der Waals surface area contributed by atoms with Crippen LogP contribution >= 0.6 is 11.6 Å². The van der Waals surface area contributed by atoms with Crippen LogP contribution in [0.5, 0.6) is 5.75 Å². The van der Waals surface area contributed by atoms with E-state index in [2.05, 4.69) is 4.72 Å². The van der Waals surface area contributed by atoms with Crippen LogP contribution in [0.4, 0.5) is 0 Å². The molecule has 26 heavy (non-hydrogen) atoms. The summed E-state index contributed by atoms with van der Waals surface area (Å²) in [6.07, 6.45) is 0. The van der Waals surface area contributed by atoms with Crippen molar-refractivity contribution in [2.24, 2.45) is 0 Å². The molecule has 1 amide bonds. The van der Waals surface area contributed by atoms with Crippen molar-refractivity contribution in [3.63, 3.8) is 0 Å². The highest BCUT2D eigenvalue weighted by molar-refractivity contribution is 7.89. The Morgan fingerprint density at radius 2 is 1.85 bits per heavy atom. The predicted octanol–water partition coefficient (Wildman–Crippen LogP) is 2.71. The standard InChI is InChI=1S/C18H21ClN2O4S/c1-13-4-9-16(26(23,24)20-2)12-17(13)18(22)21(3)10-11-25-15-7-5-14(19)6-8-15/h4-9,12,20H,10-11H2,1-3H3. The fourth-order valence-electron chi connectivity index (χ4n) is 2.25. The predicted molar refractivity (Wildman–Crippen MR) is 101 cm³/mol. The number of sulfonamides is 1. The van der Waals surface area contributed by atoms with Crippen LogP contribution in [0, 0.1) is 6.92 Å². The van der Waals surface area contributed by atoms with Crippen LogP contribution in [-0.4, -0.2) is 46.5 Å². The molecular formula is C18H21ClN2O4S. The largest absolute Gasteiger partial charge is 0.492 e. The Hall–Kier alpha value is -2.09. The zero-order valence-corrected chi connectivity index (χ0v) is 16.4. The Labute approximate surface area is 158 Å². The number of benzene rings is 2. The number of hydrogen-bond acceptors (Lipinski definition) is 4. The highest BCUT2D eigenvalue weighted by Crippen LogP contribution is 2.18. The lowest BCUT2D eigenvalue weighted by molar-refractivity contribution is 0.0773. The smallest absolute Gasteiger partial charge is 0.254 e. The van der Waals surface area contributed by atoms with Gasteiger partial charge in [-0.05, 0) is 55.9 Å². The number of ether oxygens (including phenoxy) is 1. The van der Waals surface area contributed by atoms with Gasteiger partial charge in [-0.1, -0.05) is 17.7 Å². The fourth-order valence-corrected chi connectivity index (χ4v) is 3.14. The molecule has 0 aliphatic heterocycles. The van der Waals surface area contributed by atoms with Crippen molar-refractivity contribution in [1.82, 2.24) is 9.62 Å². The molecule has 140 valence electrons. The van der Waals surface area contributed by atoms with Gasteiger partial charge >= 0.3 is 0 Å². The molecule has 0 aliphatic rings. The van der Waals surface area contributed by atoms with E-state index in [1.807, 2.05) is 0 Å². The van der Waals surface area contributed by atoms with Gasteiger partial charge in [0, 0.05) is 17.6 Å². The SMILES string of the molecule is CNS(=O)(=O)c1ccc(C)c(C(=O)N(C)CCOc2ccc(Cl)cc2)c1. The number of halogens is 1. The van der Waals surface area contributed by atoms with Crippen molar-refractivity contribution in [1.29, 1.82) is 0 Å². The summed E-state index contributed by atoms with van der Waals surface area (Å²) in [6.45, 7) is 2.42. The Kier molecular flexibility index (Phi) is 6.63. The van der Waals surface area contributed by atoms with Crippen LogP contribution in [0.25, 0.3) is 0 Å². The summed E-state index contributed by atoms with van der Waals surface area (Å²) < 4.78 is 31.7. The van der Waals surface area contributed by atoms with Crippen LogP contribution in [0.3, 0.4) is 0 Å². The monoisotopic (exact) mass is 396 g/mol. The maximum absolute atomic E-state index is 12.7. The molecule has 0 bridgehead atoms. The first-order valence-electron chi connectivity index (χ1n) is 7.92. The molecule has 0 aliphatic carbocycles. The van der Waals surface area contributed by atoms with E-state index >= 15 is 0 Å². The van der Waals surface area contributed by atoms with Gasteiger partial charge in [0.15, 0.2) is 0 Å². The van der Waals surface area contributed by atoms with E-state index in [9.17, 15) is 13.2 Å². The lowest BCUT2D eigenvalue weighted by atomic mass is 10.1. The number of nitrogens with zero attached hydrogens (tertiary/aromatic N) is 1. The summed E-state index contributed by atoms with van der Waals surface area (Å²) in [4.78, 5) is 14.2. The molecule has 0 saturated heterocycles. The molecule has 0 unspecified atom stereocenters. The van der Waals surface area contributed by atoms with Gasteiger partial charge in [-0.3, -0.25) is 4.79 Å². The second kappa shape index (κ2) is 8.53. The first-order chi connectivity index (χ1) is 12.2. The molecule has 8 heteroatoms. The van der Waals surface area contributed by atoms with Crippen molar-refractivity contribution < 1.29 is 17.9 Å². The Morgan fingerprint density at radius 3 is 2.46 bits per heavy atom. The quantitative estimate of drug-likeness (QED) is 0.780. The van der Waals surface area contributed by atoms with Crippen LogP contribution in [0.15, 0.2) is 47.4 Å². The normalized spacial score (nSPS) is 11.2. The van der Waals surface area contributed by atoms with E-state index in [0.29, 0.717) is 35.1 Å². The zero-order valence-electron chi connectivity index (χ0n) is 14.8. The Balaban J connectivity index is 2.05. The maximum Gasteiger partial charge on any atom is 0.254 e. The molecule has 0 heterocycles. The molecule has 2 aromatic carbocycles. The molecular weight excluding hydrogens is 376 g/mol. The van der Waals surface area contributed by atoms with Crippen molar-refractivity contribution in [3.8, 4) is 5.75 Å². The van der Waals surface area contributed by atoms with E-state index in [1.165, 1.54) is 24.1 Å². The van der Waals surface area contributed by atoms with Gasteiger partial charge in [0.2, 0.25) is 10.0 Å². The van der Waals surface area contributed by atoms with Gasteiger partial charge in [0.25, 0.3) is 5.91 Å². The van der Waals surface area contributed by atoms with Gasteiger partial charge in [-0.15, -0.1) is 0 Å². The number of hydrogen-bond donors (Lipinski definition) is 1. The second-order valence-electron chi connectivity index (χ2n) is 5.71. The minimum absolute atomic E-state index is 0.0553. The van der Waals surface area contributed by atoms with Gasteiger partial charge in [0.05, 0.1) is 11.4 Å². The molecule has 0 atom stereocenters. The third-order valence-electron chi connectivity index (χ3n) is 3.87. The summed E-state index contributed by atoms with van der Waals surface area (Å²) in [5.41, 5.74) is 1.05. The van der Waals surface area contributed by atoms with Crippen molar-refractivity contribution in [2.75, 3.05) is 27.2 Å². The summed E-state index contributed by atoms with van der Waals surface area (Å²) >= 11 is 5.82. The van der Waals surface area contributed by atoms with Crippen LogP contribution in [-0.2, 0) is 10.0 Å². The molecule has 0 spiro atoms. The Bertz CT molecular complexity index is 883. The molecule has 0 saturated carbocycles. The second-order valence-corrected chi connectivity index (χ2v) is 8.04. The van der Waals surface area contributed by atoms with E-state index in [0.717, 1.165) is 0 Å². The van der Waals surface area contributed by atoms with Crippen molar-refractivity contribution in [2.45, 2.75) is 11.8 Å². The number of nitrogens with one attached hydrogen (secondary N) is 1. The third kappa shape index (κ3) is 4.97. The summed E-state index contributed by atoms with van der Waals surface area (Å²) in [7, 11) is -0.634. The summed E-state index contributed by atoms with van der Waals surface area (Å²) in [5.74, 6) is 0.392. The molecule has 0 radical (unpaired) electrons. The maximum atomic E-state index is 12.7. The third-order valence-corrected chi connectivity index (χ3v) is 5.54. The van der Waals surface area contributed by atoms with Crippen molar-refractivity contribution in [3.05, 3.63) is 58.6 Å². The highest BCUT2D eigenvalue weighted by Gasteiger charge is 2.19. The average molecular weight is 397 g/mol. The molecule has 0 aromatic heterocycles. The van der Waals surface area contributed by atoms with E-state index < -0.39 is 10.0 Å². The highest BCUT2D eigenvalue weighted by atomic mass is 35.5. The molecule has 6 nitrogen and oxygen atoms in total. The minimum atomic E-state index is -3.61. The topological polar surface area (TPSA) is 75.7 Å².